The molecule has 2 aromatic carbocycles. The van der Waals surface area contributed by atoms with E-state index in [1.165, 1.54) is 0 Å². The van der Waals surface area contributed by atoms with Gasteiger partial charge in [-0.3, -0.25) is 9.69 Å². The van der Waals surface area contributed by atoms with Crippen molar-refractivity contribution in [2.45, 2.75) is 6.92 Å². The molecular formula is C27H33NO7. The average Bonchev–Trinajstić information content (AvgIpc) is 2.89. The summed E-state index contributed by atoms with van der Waals surface area (Å²) in [6.45, 7) is 3.90. The van der Waals surface area contributed by atoms with E-state index in [1.807, 2.05) is 24.3 Å². The van der Waals surface area contributed by atoms with Crippen LogP contribution in [0.1, 0.15) is 18.1 Å². The number of benzene rings is 2. The second kappa shape index (κ2) is 11.7. The number of hydrogen-bond acceptors (Lipinski definition) is 8. The molecule has 0 spiro atoms. The molecule has 0 aromatic heterocycles. The van der Waals surface area contributed by atoms with Crippen molar-refractivity contribution in [1.82, 2.24) is 4.90 Å². The second-order valence-corrected chi connectivity index (χ2v) is 7.87. The van der Waals surface area contributed by atoms with Crippen LogP contribution in [0.3, 0.4) is 0 Å². The van der Waals surface area contributed by atoms with Crippen molar-refractivity contribution < 1.29 is 33.2 Å². The van der Waals surface area contributed by atoms with E-state index < -0.39 is 0 Å². The Kier molecular flexibility index (Phi) is 8.65. The number of carbonyl (C=O) groups excluding carboxylic acids is 1. The Bertz CT molecular complexity index is 1050. The SMILES string of the molecule is CCN1CC(=Cc2cc(OC)c(OC)cc2OC)C(=O)C(=Cc2cc(OC)c(OC)cc2OC)C1. The summed E-state index contributed by atoms with van der Waals surface area (Å²) in [5.74, 6) is 3.36. The summed E-state index contributed by atoms with van der Waals surface area (Å²) in [6, 6.07) is 7.12. The molecule has 1 aliphatic rings. The molecule has 1 saturated heterocycles. The number of carbonyl (C=O) groups is 1. The Morgan fingerprint density at radius 3 is 1.29 bits per heavy atom. The molecule has 0 atom stereocenters. The molecule has 3 rings (SSSR count). The minimum Gasteiger partial charge on any atom is -0.496 e. The third-order valence-corrected chi connectivity index (χ3v) is 5.95. The molecule has 0 unspecified atom stereocenters. The van der Waals surface area contributed by atoms with Gasteiger partial charge < -0.3 is 28.4 Å². The first-order valence-corrected chi connectivity index (χ1v) is 11.2. The molecule has 1 aliphatic heterocycles. The maximum absolute atomic E-state index is 13.6. The summed E-state index contributed by atoms with van der Waals surface area (Å²) in [4.78, 5) is 15.8. The van der Waals surface area contributed by atoms with Crippen LogP contribution in [0.2, 0.25) is 0 Å². The van der Waals surface area contributed by atoms with Gasteiger partial charge in [0, 0.05) is 47.5 Å². The minimum atomic E-state index is -0.0385. The molecule has 0 bridgehead atoms. The van der Waals surface area contributed by atoms with E-state index in [2.05, 4.69) is 11.8 Å². The molecule has 1 heterocycles. The summed E-state index contributed by atoms with van der Waals surface area (Å²) in [5, 5.41) is 0. The van der Waals surface area contributed by atoms with Crippen LogP contribution in [-0.4, -0.2) is 73.0 Å². The number of likely N-dealkylation sites (tertiary alicyclic amines) is 1. The van der Waals surface area contributed by atoms with E-state index in [0.717, 1.165) is 17.7 Å². The van der Waals surface area contributed by atoms with E-state index in [-0.39, 0.29) is 5.78 Å². The van der Waals surface area contributed by atoms with Gasteiger partial charge in [0.1, 0.15) is 11.5 Å². The van der Waals surface area contributed by atoms with Crippen LogP contribution in [-0.2, 0) is 4.79 Å². The van der Waals surface area contributed by atoms with Crippen LogP contribution in [0.4, 0.5) is 0 Å². The number of rotatable bonds is 9. The van der Waals surface area contributed by atoms with Gasteiger partial charge in [-0.05, 0) is 30.8 Å². The van der Waals surface area contributed by atoms with Gasteiger partial charge in [-0.1, -0.05) is 6.92 Å². The summed E-state index contributed by atoms with van der Waals surface area (Å²) in [7, 11) is 9.45. The van der Waals surface area contributed by atoms with Crippen LogP contribution >= 0.6 is 0 Å². The van der Waals surface area contributed by atoms with Crippen LogP contribution in [0, 0.1) is 0 Å². The van der Waals surface area contributed by atoms with Gasteiger partial charge in [-0.25, -0.2) is 0 Å². The molecular weight excluding hydrogens is 450 g/mol. The van der Waals surface area contributed by atoms with Crippen LogP contribution in [0.15, 0.2) is 35.4 Å². The quantitative estimate of drug-likeness (QED) is 0.494. The first-order chi connectivity index (χ1) is 16.9. The fourth-order valence-electron chi connectivity index (χ4n) is 4.04. The summed E-state index contributed by atoms with van der Waals surface area (Å²) in [6.07, 6.45) is 3.70. The van der Waals surface area contributed by atoms with E-state index in [4.69, 9.17) is 28.4 Å². The number of ether oxygens (including phenoxy) is 6. The van der Waals surface area contributed by atoms with Crippen molar-refractivity contribution in [3.05, 3.63) is 46.5 Å². The van der Waals surface area contributed by atoms with E-state index in [9.17, 15) is 4.79 Å². The lowest BCUT2D eigenvalue weighted by Gasteiger charge is -2.29. The Balaban J connectivity index is 2.10. The summed E-state index contributed by atoms with van der Waals surface area (Å²) < 4.78 is 32.8. The fraction of sp³-hybridized carbons (Fsp3) is 0.370. The molecule has 0 aliphatic carbocycles. The average molecular weight is 484 g/mol. The minimum absolute atomic E-state index is 0.0385. The number of hydrogen-bond donors (Lipinski definition) is 0. The number of ketones is 1. The van der Waals surface area contributed by atoms with Gasteiger partial charge >= 0.3 is 0 Å². The third kappa shape index (κ3) is 5.54. The lowest BCUT2D eigenvalue weighted by molar-refractivity contribution is -0.113. The van der Waals surface area contributed by atoms with Gasteiger partial charge in [-0.15, -0.1) is 0 Å². The highest BCUT2D eigenvalue weighted by Crippen LogP contribution is 2.38. The van der Waals surface area contributed by atoms with Crippen molar-refractivity contribution in [2.75, 3.05) is 62.3 Å². The smallest absolute Gasteiger partial charge is 0.187 e. The van der Waals surface area contributed by atoms with E-state index in [0.29, 0.717) is 58.7 Å². The maximum atomic E-state index is 13.6. The molecule has 188 valence electrons. The zero-order valence-corrected chi connectivity index (χ0v) is 21.4. The maximum Gasteiger partial charge on any atom is 0.187 e. The lowest BCUT2D eigenvalue weighted by Crippen LogP contribution is -2.37. The Morgan fingerprint density at radius 2 is 0.971 bits per heavy atom. The van der Waals surface area contributed by atoms with Crippen molar-refractivity contribution in [3.8, 4) is 34.5 Å². The number of piperidine rings is 1. The molecule has 2 aromatic rings. The molecule has 8 nitrogen and oxygen atoms in total. The van der Waals surface area contributed by atoms with Gasteiger partial charge in [-0.2, -0.15) is 0 Å². The van der Waals surface area contributed by atoms with Crippen LogP contribution in [0.25, 0.3) is 12.2 Å². The number of methoxy groups -OCH3 is 6. The fourth-order valence-corrected chi connectivity index (χ4v) is 4.04. The van der Waals surface area contributed by atoms with Gasteiger partial charge in [0.15, 0.2) is 28.8 Å². The number of nitrogens with zero attached hydrogens (tertiary/aromatic N) is 1. The largest absolute Gasteiger partial charge is 0.496 e. The highest BCUT2D eigenvalue weighted by Gasteiger charge is 2.26. The molecule has 0 amide bonds. The number of Topliss-reactive ketones (excluding diaryl/α,β-unsaturated/α-hetero) is 1. The molecule has 35 heavy (non-hydrogen) atoms. The third-order valence-electron chi connectivity index (χ3n) is 5.95. The normalized spacial score (nSPS) is 16.4. The van der Waals surface area contributed by atoms with Gasteiger partial charge in [0.05, 0.1) is 42.7 Å². The van der Waals surface area contributed by atoms with Crippen molar-refractivity contribution in [1.29, 1.82) is 0 Å². The monoisotopic (exact) mass is 483 g/mol. The highest BCUT2D eigenvalue weighted by atomic mass is 16.5. The molecule has 8 heteroatoms. The van der Waals surface area contributed by atoms with Crippen LogP contribution < -0.4 is 28.4 Å². The second-order valence-electron chi connectivity index (χ2n) is 7.87. The van der Waals surface area contributed by atoms with E-state index in [1.54, 1.807) is 54.8 Å². The number of likely N-dealkylation sites (N-methyl/N-ethyl adjacent to an activating group) is 1. The molecule has 0 saturated carbocycles. The zero-order chi connectivity index (χ0) is 25.5. The molecule has 0 N–H and O–H groups in total. The van der Waals surface area contributed by atoms with Gasteiger partial charge in [0.2, 0.25) is 0 Å². The first-order valence-electron chi connectivity index (χ1n) is 11.2. The Hall–Kier alpha value is -3.65. The van der Waals surface area contributed by atoms with Crippen LogP contribution in [0.5, 0.6) is 34.5 Å². The Labute approximate surface area is 206 Å². The van der Waals surface area contributed by atoms with Crippen molar-refractivity contribution in [2.24, 2.45) is 0 Å². The standard InChI is InChI=1S/C27H33NO7/c1-8-28-15-19(9-17-11-23(32-4)25(34-6)13-21(17)30-2)27(29)20(16-28)10-18-12-24(33-5)26(35-7)14-22(18)31-3/h9-14H,8,15-16H2,1-7H3. The van der Waals surface area contributed by atoms with E-state index >= 15 is 0 Å². The first kappa shape index (κ1) is 26.0. The zero-order valence-electron chi connectivity index (χ0n) is 21.4. The Morgan fingerprint density at radius 1 is 0.629 bits per heavy atom. The highest BCUT2D eigenvalue weighted by molar-refractivity contribution is 6.15. The lowest BCUT2D eigenvalue weighted by atomic mass is 9.93. The molecule has 1 fully saturated rings. The topological polar surface area (TPSA) is 75.7 Å². The predicted octanol–water partition coefficient (Wildman–Crippen LogP) is 4.11. The van der Waals surface area contributed by atoms with Gasteiger partial charge in [0.25, 0.3) is 0 Å². The van der Waals surface area contributed by atoms with Crippen molar-refractivity contribution >= 4 is 17.9 Å². The summed E-state index contributed by atoms with van der Waals surface area (Å²) in [5.41, 5.74) is 2.76. The molecule has 0 radical (unpaired) electrons. The summed E-state index contributed by atoms with van der Waals surface area (Å²) >= 11 is 0. The predicted molar refractivity (Wildman–Crippen MR) is 135 cm³/mol. The van der Waals surface area contributed by atoms with Crippen molar-refractivity contribution in [3.63, 3.8) is 0 Å².